The minimum Gasteiger partial charge on any atom is -0.210 e. The van der Waals surface area contributed by atoms with E-state index < -0.39 is 10.0 Å². The molecule has 1 N–H and O–H groups in total. The molecule has 27 heavy (non-hydrogen) atoms. The van der Waals surface area contributed by atoms with E-state index in [1.807, 2.05) is 5.38 Å². The molecular formula is C16H12ClFN4O2S3. The quantitative estimate of drug-likeness (QED) is 0.492. The average molecular weight is 443 g/mol. The van der Waals surface area contributed by atoms with E-state index >= 15 is 0 Å². The molecule has 0 saturated carbocycles. The topological polar surface area (TPSA) is 76.4 Å². The van der Waals surface area contributed by atoms with Gasteiger partial charge in [-0.05, 0) is 24.3 Å². The Bertz CT molecular complexity index is 1220. The van der Waals surface area contributed by atoms with Gasteiger partial charge in [0.25, 0.3) is 0 Å². The number of halogens is 2. The fraction of sp³-hybridized carbons (Fsp3) is 0.125. The molecule has 6 nitrogen and oxygen atoms in total. The molecule has 4 aromatic rings. The Morgan fingerprint density at radius 1 is 1.22 bits per heavy atom. The van der Waals surface area contributed by atoms with Crippen LogP contribution in [0.1, 0.15) is 5.69 Å². The van der Waals surface area contributed by atoms with Crippen LogP contribution in [0.3, 0.4) is 0 Å². The summed E-state index contributed by atoms with van der Waals surface area (Å²) in [5.41, 5.74) is 1.12. The summed E-state index contributed by atoms with van der Waals surface area (Å²) >= 11 is 8.16. The number of hydrogen-bond donors (Lipinski definition) is 1. The molecule has 0 spiro atoms. The Balaban J connectivity index is 1.51. The Kier molecular flexibility index (Phi) is 4.99. The summed E-state index contributed by atoms with van der Waals surface area (Å²) in [5, 5.41) is 6.22. The Morgan fingerprint density at radius 3 is 2.78 bits per heavy atom. The van der Waals surface area contributed by atoms with Gasteiger partial charge in [-0.1, -0.05) is 23.7 Å². The minimum absolute atomic E-state index is 0.172. The third-order valence-corrected chi connectivity index (χ3v) is 7.80. The number of nitrogens with one attached hydrogen (secondary N) is 1. The summed E-state index contributed by atoms with van der Waals surface area (Å²) in [4.78, 5) is 4.97. The van der Waals surface area contributed by atoms with E-state index in [0.717, 1.165) is 17.0 Å². The minimum atomic E-state index is -3.60. The second kappa shape index (κ2) is 7.28. The molecule has 0 aliphatic rings. The number of aromatic nitrogens is 3. The van der Waals surface area contributed by atoms with Crippen molar-refractivity contribution in [3.63, 3.8) is 0 Å². The predicted molar refractivity (Wildman–Crippen MR) is 104 cm³/mol. The van der Waals surface area contributed by atoms with Crippen LogP contribution in [0.4, 0.5) is 4.39 Å². The van der Waals surface area contributed by atoms with Crippen molar-refractivity contribution in [3.8, 4) is 11.4 Å². The Morgan fingerprint density at radius 2 is 2.04 bits per heavy atom. The molecule has 0 aliphatic carbocycles. The first-order valence-electron chi connectivity index (χ1n) is 7.77. The van der Waals surface area contributed by atoms with Crippen molar-refractivity contribution in [2.75, 3.05) is 6.54 Å². The van der Waals surface area contributed by atoms with Crippen molar-refractivity contribution in [1.82, 2.24) is 19.3 Å². The van der Waals surface area contributed by atoms with Gasteiger partial charge in [0.2, 0.25) is 15.0 Å². The van der Waals surface area contributed by atoms with Crippen LogP contribution in [0, 0.1) is 5.82 Å². The van der Waals surface area contributed by atoms with Crippen molar-refractivity contribution >= 4 is 49.3 Å². The monoisotopic (exact) mass is 442 g/mol. The van der Waals surface area contributed by atoms with Crippen LogP contribution in [-0.4, -0.2) is 29.6 Å². The molecule has 3 aromatic heterocycles. The van der Waals surface area contributed by atoms with Crippen LogP contribution in [-0.2, 0) is 16.4 Å². The zero-order chi connectivity index (χ0) is 19.0. The molecule has 0 fully saturated rings. The van der Waals surface area contributed by atoms with E-state index in [1.54, 1.807) is 28.8 Å². The van der Waals surface area contributed by atoms with Gasteiger partial charge in [0.1, 0.15) is 10.0 Å². The highest BCUT2D eigenvalue weighted by Gasteiger charge is 2.17. The molecule has 0 aliphatic heterocycles. The first-order valence-corrected chi connectivity index (χ1v) is 11.3. The van der Waals surface area contributed by atoms with Gasteiger partial charge in [0.05, 0.1) is 15.6 Å². The van der Waals surface area contributed by atoms with Gasteiger partial charge in [-0.3, -0.25) is 0 Å². The number of fused-ring (bicyclic) bond motifs is 1. The van der Waals surface area contributed by atoms with Crippen molar-refractivity contribution in [2.45, 2.75) is 10.6 Å². The molecule has 0 saturated heterocycles. The summed E-state index contributed by atoms with van der Waals surface area (Å²) < 4.78 is 43.1. The van der Waals surface area contributed by atoms with Crippen molar-refractivity contribution < 1.29 is 12.8 Å². The van der Waals surface area contributed by atoms with E-state index in [-0.39, 0.29) is 16.6 Å². The second-order valence-electron chi connectivity index (χ2n) is 5.54. The van der Waals surface area contributed by atoms with Gasteiger partial charge < -0.3 is 0 Å². The number of thiophene rings is 1. The van der Waals surface area contributed by atoms with Crippen LogP contribution >= 0.6 is 34.3 Å². The fourth-order valence-electron chi connectivity index (χ4n) is 2.48. The van der Waals surface area contributed by atoms with E-state index in [4.69, 9.17) is 11.6 Å². The van der Waals surface area contributed by atoms with Crippen LogP contribution in [0.2, 0.25) is 4.34 Å². The zero-order valence-corrected chi connectivity index (χ0v) is 16.8. The molecule has 4 rings (SSSR count). The van der Waals surface area contributed by atoms with Crippen molar-refractivity contribution in [2.24, 2.45) is 0 Å². The maximum absolute atomic E-state index is 13.9. The van der Waals surface area contributed by atoms with Crippen molar-refractivity contribution in [1.29, 1.82) is 0 Å². The predicted octanol–water partition coefficient (Wildman–Crippen LogP) is 3.83. The molecule has 1 aromatic carbocycles. The largest absolute Gasteiger partial charge is 0.250 e. The number of benzene rings is 1. The number of thiazole rings is 1. The number of rotatable bonds is 6. The van der Waals surface area contributed by atoms with Crippen LogP contribution in [0.15, 0.2) is 46.0 Å². The van der Waals surface area contributed by atoms with E-state index in [1.165, 1.54) is 23.5 Å². The van der Waals surface area contributed by atoms with Crippen LogP contribution in [0.25, 0.3) is 16.3 Å². The van der Waals surface area contributed by atoms with Gasteiger partial charge in [0.15, 0.2) is 5.82 Å². The van der Waals surface area contributed by atoms with Crippen molar-refractivity contribution in [3.05, 3.63) is 57.6 Å². The molecule has 0 bridgehead atoms. The standard InChI is InChI=1S/C16H12ClFN4O2S3/c17-13-5-6-14(26-13)27(23,24)19-8-7-10-9-25-16-20-15(21-22(10)16)11-3-1-2-4-12(11)18/h1-6,9,19H,7-8H2. The van der Waals surface area contributed by atoms with Crippen LogP contribution < -0.4 is 4.72 Å². The number of sulfonamides is 1. The van der Waals surface area contributed by atoms with E-state index in [2.05, 4.69) is 14.8 Å². The first kappa shape index (κ1) is 18.5. The summed E-state index contributed by atoms with van der Waals surface area (Å²) in [6.07, 6.45) is 0.415. The van der Waals surface area contributed by atoms with Gasteiger partial charge in [-0.15, -0.1) is 27.8 Å². The van der Waals surface area contributed by atoms with Gasteiger partial charge >= 0.3 is 0 Å². The van der Waals surface area contributed by atoms with E-state index in [9.17, 15) is 12.8 Å². The van der Waals surface area contributed by atoms with Gasteiger partial charge in [-0.2, -0.15) is 4.98 Å². The number of nitrogens with zero attached hydrogens (tertiary/aromatic N) is 3. The molecule has 0 atom stereocenters. The average Bonchev–Trinajstić information content (AvgIpc) is 3.32. The molecule has 140 valence electrons. The lowest BCUT2D eigenvalue weighted by Crippen LogP contribution is -2.25. The fourth-order valence-corrected chi connectivity index (χ4v) is 5.90. The highest BCUT2D eigenvalue weighted by Crippen LogP contribution is 2.26. The SMILES string of the molecule is O=S(=O)(NCCc1csc2nc(-c3ccccc3F)nn12)c1ccc(Cl)s1. The summed E-state index contributed by atoms with van der Waals surface area (Å²) in [7, 11) is -3.60. The molecule has 0 unspecified atom stereocenters. The van der Waals surface area contributed by atoms with E-state index in [0.29, 0.717) is 27.1 Å². The smallest absolute Gasteiger partial charge is 0.210 e. The van der Waals surface area contributed by atoms with Crippen LogP contribution in [0.5, 0.6) is 0 Å². The molecule has 0 amide bonds. The molecule has 3 heterocycles. The van der Waals surface area contributed by atoms with Gasteiger partial charge in [0, 0.05) is 18.3 Å². The number of hydrogen-bond acceptors (Lipinski definition) is 6. The summed E-state index contributed by atoms with van der Waals surface area (Å²) in [6, 6.07) is 9.32. The highest BCUT2D eigenvalue weighted by atomic mass is 35.5. The lowest BCUT2D eigenvalue weighted by atomic mass is 10.2. The third-order valence-electron chi connectivity index (χ3n) is 3.75. The highest BCUT2D eigenvalue weighted by molar-refractivity contribution is 7.91. The Labute approximate surface area is 167 Å². The zero-order valence-electron chi connectivity index (χ0n) is 13.6. The lowest BCUT2D eigenvalue weighted by Gasteiger charge is -2.04. The third kappa shape index (κ3) is 3.76. The van der Waals surface area contributed by atoms with Gasteiger partial charge in [-0.25, -0.2) is 22.0 Å². The second-order valence-corrected chi connectivity index (χ2v) is 10.1. The lowest BCUT2D eigenvalue weighted by molar-refractivity contribution is 0.583. The molecular weight excluding hydrogens is 431 g/mol. The first-order chi connectivity index (χ1) is 12.9. The Hall–Kier alpha value is -1.85. The summed E-state index contributed by atoms with van der Waals surface area (Å²) in [5.74, 6) is -0.0883. The maximum atomic E-state index is 13.9. The molecule has 11 heteroatoms. The maximum Gasteiger partial charge on any atom is 0.250 e. The summed E-state index contributed by atoms with van der Waals surface area (Å²) in [6.45, 7) is 0.193. The molecule has 0 radical (unpaired) electrons. The normalized spacial score (nSPS) is 12.1.